The minimum absolute atomic E-state index is 0.181. The Morgan fingerprint density at radius 3 is 3.06 bits per heavy atom. The van der Waals surface area contributed by atoms with Crippen molar-refractivity contribution in [2.75, 3.05) is 12.4 Å². The molecule has 2 aromatic heterocycles. The molecule has 2 heterocycles. The van der Waals surface area contributed by atoms with Gasteiger partial charge in [0.05, 0.1) is 7.11 Å². The van der Waals surface area contributed by atoms with E-state index in [9.17, 15) is 4.79 Å². The molecule has 1 amide bonds. The molecule has 0 atom stereocenters. The maximum absolute atomic E-state index is 11.7. The number of anilines is 1. The highest BCUT2D eigenvalue weighted by molar-refractivity contribution is 9.10. The predicted octanol–water partition coefficient (Wildman–Crippen LogP) is 1.89. The molecule has 8 heteroatoms. The Morgan fingerprint density at radius 2 is 2.50 bits per heavy atom. The fraction of sp³-hybridized carbons (Fsp3) is 0.125. The number of amides is 1. The van der Waals surface area contributed by atoms with E-state index in [1.54, 1.807) is 6.07 Å². The van der Waals surface area contributed by atoms with E-state index in [2.05, 4.69) is 36.4 Å². The monoisotopic (exact) mass is 302 g/mol. The Kier molecular flexibility index (Phi) is 3.20. The molecule has 2 rings (SSSR count). The van der Waals surface area contributed by atoms with Gasteiger partial charge in [0.1, 0.15) is 4.88 Å². The molecule has 0 saturated heterocycles. The van der Waals surface area contributed by atoms with E-state index in [1.165, 1.54) is 18.4 Å². The van der Waals surface area contributed by atoms with Gasteiger partial charge in [0.2, 0.25) is 5.95 Å². The molecule has 2 aromatic rings. The van der Waals surface area contributed by atoms with Crippen LogP contribution in [0.25, 0.3) is 0 Å². The second-order valence-corrected chi connectivity index (χ2v) is 4.49. The van der Waals surface area contributed by atoms with Crippen LogP contribution in [0.15, 0.2) is 15.9 Å². The number of ether oxygens (including phenoxy) is 1. The van der Waals surface area contributed by atoms with Gasteiger partial charge in [-0.3, -0.25) is 10.1 Å². The number of carbonyl (C=O) groups excluding carboxylic acids is 1. The van der Waals surface area contributed by atoms with Gasteiger partial charge in [-0.15, -0.1) is 16.4 Å². The number of carbonyl (C=O) groups is 1. The van der Waals surface area contributed by atoms with Gasteiger partial charge in [0.25, 0.3) is 5.91 Å². The van der Waals surface area contributed by atoms with Crippen LogP contribution >= 0.6 is 27.3 Å². The fourth-order valence-electron chi connectivity index (χ4n) is 1.01. The van der Waals surface area contributed by atoms with Crippen LogP contribution < -0.4 is 10.1 Å². The number of methoxy groups -OCH3 is 1. The maximum Gasteiger partial charge on any atom is 0.336 e. The van der Waals surface area contributed by atoms with Gasteiger partial charge in [-0.1, -0.05) is 0 Å². The number of H-pyrrole nitrogens is 1. The molecule has 6 nitrogen and oxygen atoms in total. The van der Waals surface area contributed by atoms with E-state index in [4.69, 9.17) is 4.74 Å². The highest BCUT2D eigenvalue weighted by Gasteiger charge is 2.13. The van der Waals surface area contributed by atoms with Crippen molar-refractivity contribution in [1.29, 1.82) is 0 Å². The Balaban J connectivity index is 2.11. The first kappa shape index (κ1) is 11.1. The summed E-state index contributed by atoms with van der Waals surface area (Å²) in [6, 6.07) is 1.99. The van der Waals surface area contributed by atoms with Crippen LogP contribution in [-0.2, 0) is 0 Å². The lowest BCUT2D eigenvalue weighted by Gasteiger charge is -1.98. The van der Waals surface area contributed by atoms with E-state index in [1.807, 2.05) is 5.38 Å². The van der Waals surface area contributed by atoms with Gasteiger partial charge in [-0.25, -0.2) is 5.10 Å². The highest BCUT2D eigenvalue weighted by atomic mass is 79.9. The number of rotatable bonds is 3. The predicted molar refractivity (Wildman–Crippen MR) is 62.9 cm³/mol. The molecule has 0 aliphatic rings. The third-order valence-corrected chi connectivity index (χ3v) is 3.54. The van der Waals surface area contributed by atoms with Crippen molar-refractivity contribution >= 4 is 39.1 Å². The summed E-state index contributed by atoms with van der Waals surface area (Å²) in [5, 5.41) is 10.6. The average Bonchev–Trinajstić information content (AvgIpc) is 2.86. The lowest BCUT2D eigenvalue weighted by molar-refractivity contribution is 0.102. The number of hydrogen-bond acceptors (Lipinski definition) is 5. The van der Waals surface area contributed by atoms with E-state index >= 15 is 0 Å². The summed E-state index contributed by atoms with van der Waals surface area (Å²) in [5.74, 6) is 0.00262. The van der Waals surface area contributed by atoms with Crippen molar-refractivity contribution in [3.05, 3.63) is 20.8 Å². The van der Waals surface area contributed by atoms with Crippen LogP contribution in [0.4, 0.5) is 5.95 Å². The summed E-state index contributed by atoms with van der Waals surface area (Å²) >= 11 is 4.61. The molecular formula is C8H7BrN4O2S. The fourth-order valence-corrected chi connectivity index (χ4v) is 2.46. The topological polar surface area (TPSA) is 79.9 Å². The number of thiophene rings is 1. The molecule has 0 aliphatic heterocycles. The Labute approximate surface area is 103 Å². The zero-order valence-electron chi connectivity index (χ0n) is 8.15. The Hall–Kier alpha value is -1.41. The van der Waals surface area contributed by atoms with Crippen molar-refractivity contribution in [3.63, 3.8) is 0 Å². The molecule has 2 N–H and O–H groups in total. The summed E-state index contributed by atoms with van der Waals surface area (Å²) in [7, 11) is 1.45. The van der Waals surface area contributed by atoms with Gasteiger partial charge < -0.3 is 4.74 Å². The minimum atomic E-state index is -0.249. The third kappa shape index (κ3) is 2.22. The summed E-state index contributed by atoms with van der Waals surface area (Å²) in [4.78, 5) is 16.2. The molecule has 0 saturated carbocycles. The van der Waals surface area contributed by atoms with E-state index in [-0.39, 0.29) is 17.9 Å². The highest BCUT2D eigenvalue weighted by Crippen LogP contribution is 2.23. The zero-order valence-corrected chi connectivity index (χ0v) is 10.6. The molecule has 0 radical (unpaired) electrons. The van der Waals surface area contributed by atoms with Gasteiger partial charge in [0, 0.05) is 4.47 Å². The first-order valence-electron chi connectivity index (χ1n) is 4.21. The largest absolute Gasteiger partial charge is 0.466 e. The van der Waals surface area contributed by atoms with Gasteiger partial charge in [-0.05, 0) is 27.4 Å². The third-order valence-electron chi connectivity index (χ3n) is 1.70. The van der Waals surface area contributed by atoms with Gasteiger partial charge in [0.15, 0.2) is 0 Å². The quantitative estimate of drug-likeness (QED) is 0.907. The first-order chi connectivity index (χ1) is 7.70. The molecular weight excluding hydrogens is 296 g/mol. The molecule has 84 valence electrons. The SMILES string of the molecule is COc1n[nH]c(NC(=O)c2sccc2Br)n1. The molecule has 0 bridgehead atoms. The number of aromatic amines is 1. The number of halogens is 1. The summed E-state index contributed by atoms with van der Waals surface area (Å²) in [6.45, 7) is 0. The number of nitrogens with one attached hydrogen (secondary N) is 2. The Morgan fingerprint density at radius 1 is 1.69 bits per heavy atom. The van der Waals surface area contributed by atoms with Crippen molar-refractivity contribution in [2.45, 2.75) is 0 Å². The molecule has 0 fully saturated rings. The molecule has 0 spiro atoms. The molecule has 16 heavy (non-hydrogen) atoms. The van der Waals surface area contributed by atoms with Crippen molar-refractivity contribution < 1.29 is 9.53 Å². The van der Waals surface area contributed by atoms with E-state index < -0.39 is 0 Å². The standard InChI is InChI=1S/C8H7BrN4O2S/c1-15-8-11-7(12-13-8)10-6(14)5-4(9)2-3-16-5/h2-3H,1H3,(H2,10,11,12,13,14). The summed E-state index contributed by atoms with van der Waals surface area (Å²) in [5.41, 5.74) is 0. The van der Waals surface area contributed by atoms with Gasteiger partial charge >= 0.3 is 6.01 Å². The van der Waals surface area contributed by atoms with Crippen LogP contribution in [0.3, 0.4) is 0 Å². The van der Waals surface area contributed by atoms with Crippen LogP contribution in [0.5, 0.6) is 6.01 Å². The number of nitrogens with zero attached hydrogens (tertiary/aromatic N) is 2. The van der Waals surface area contributed by atoms with Crippen LogP contribution in [0.2, 0.25) is 0 Å². The minimum Gasteiger partial charge on any atom is -0.466 e. The zero-order chi connectivity index (χ0) is 11.5. The Bertz CT molecular complexity index is 510. The second kappa shape index (κ2) is 4.62. The van der Waals surface area contributed by atoms with E-state index in [0.29, 0.717) is 4.88 Å². The van der Waals surface area contributed by atoms with Crippen molar-refractivity contribution in [2.24, 2.45) is 0 Å². The molecule has 0 unspecified atom stereocenters. The second-order valence-electron chi connectivity index (χ2n) is 2.72. The summed E-state index contributed by atoms with van der Waals surface area (Å²) in [6.07, 6.45) is 0. The lowest BCUT2D eigenvalue weighted by Crippen LogP contribution is -2.11. The van der Waals surface area contributed by atoms with Crippen molar-refractivity contribution in [1.82, 2.24) is 15.2 Å². The maximum atomic E-state index is 11.7. The number of hydrogen-bond donors (Lipinski definition) is 2. The normalized spacial score (nSPS) is 10.1. The summed E-state index contributed by atoms with van der Waals surface area (Å²) < 4.78 is 5.53. The lowest BCUT2D eigenvalue weighted by atomic mass is 10.4. The average molecular weight is 303 g/mol. The first-order valence-corrected chi connectivity index (χ1v) is 5.88. The van der Waals surface area contributed by atoms with Crippen molar-refractivity contribution in [3.8, 4) is 6.01 Å². The molecule has 0 aliphatic carbocycles. The number of aromatic nitrogens is 3. The molecule has 0 aromatic carbocycles. The smallest absolute Gasteiger partial charge is 0.336 e. The van der Waals surface area contributed by atoms with Crippen LogP contribution in [0.1, 0.15) is 9.67 Å². The van der Waals surface area contributed by atoms with Crippen LogP contribution in [-0.4, -0.2) is 28.2 Å². The van der Waals surface area contributed by atoms with Crippen LogP contribution in [0, 0.1) is 0 Å². The van der Waals surface area contributed by atoms with Gasteiger partial charge in [-0.2, -0.15) is 4.98 Å². The van der Waals surface area contributed by atoms with E-state index in [0.717, 1.165) is 4.47 Å².